The highest BCUT2D eigenvalue weighted by Crippen LogP contribution is 2.38. The molecule has 1 aliphatic heterocycles. The summed E-state index contributed by atoms with van der Waals surface area (Å²) >= 11 is 5.94. The van der Waals surface area contributed by atoms with Crippen LogP contribution < -0.4 is 10.2 Å². The van der Waals surface area contributed by atoms with Gasteiger partial charge in [0, 0.05) is 36.9 Å². The first kappa shape index (κ1) is 18.8. The number of carbonyl (C=O) groups excluding carboxylic acids is 2. The molecule has 1 N–H and O–H groups in total. The van der Waals surface area contributed by atoms with Crippen LogP contribution >= 0.6 is 11.6 Å². The summed E-state index contributed by atoms with van der Waals surface area (Å²) in [5.74, 6) is -0.000819. The number of hydrogen-bond donors (Lipinski definition) is 1. The Morgan fingerprint density at radius 2 is 1.65 bits per heavy atom. The third kappa shape index (κ3) is 4.41. The lowest BCUT2D eigenvalue weighted by Gasteiger charge is -2.38. The average molecular weight is 380 g/mol. The summed E-state index contributed by atoms with van der Waals surface area (Å²) in [6, 6.07) is 7.73. The van der Waals surface area contributed by atoms with Crippen LogP contribution in [0.5, 0.6) is 0 Å². The number of amides is 2. The number of alkyl carbamates (subject to hydrolysis) is 1. The standard InChI is InChI=1S/C19H26ClN3O3/c1-18(2,3)26-17(25)21-19(8-9-19)16(24)23-12-10-22(11-13-23)15-6-4-14(20)5-7-15/h4-7H,8-13H2,1-3H3,(H,21,25). The van der Waals surface area contributed by atoms with Crippen LogP contribution in [0.1, 0.15) is 33.6 Å². The zero-order valence-electron chi connectivity index (χ0n) is 15.5. The molecule has 7 heteroatoms. The van der Waals surface area contributed by atoms with E-state index in [0.717, 1.165) is 18.8 Å². The van der Waals surface area contributed by atoms with Gasteiger partial charge >= 0.3 is 6.09 Å². The van der Waals surface area contributed by atoms with Gasteiger partial charge in [-0.3, -0.25) is 4.79 Å². The molecule has 1 saturated heterocycles. The van der Waals surface area contributed by atoms with Crippen LogP contribution in [-0.2, 0) is 9.53 Å². The highest BCUT2D eigenvalue weighted by molar-refractivity contribution is 6.30. The molecule has 6 nitrogen and oxygen atoms in total. The molecule has 0 atom stereocenters. The number of nitrogens with one attached hydrogen (secondary N) is 1. The molecule has 1 aromatic carbocycles. The maximum absolute atomic E-state index is 12.9. The molecule has 0 spiro atoms. The lowest BCUT2D eigenvalue weighted by Crippen LogP contribution is -2.56. The van der Waals surface area contributed by atoms with Crippen molar-refractivity contribution in [3.8, 4) is 0 Å². The van der Waals surface area contributed by atoms with E-state index in [1.165, 1.54) is 0 Å². The molecule has 2 fully saturated rings. The Kier molecular flexibility index (Phi) is 5.06. The Hall–Kier alpha value is -1.95. The van der Waals surface area contributed by atoms with Crippen LogP contribution in [-0.4, -0.2) is 54.2 Å². The van der Waals surface area contributed by atoms with Crippen LogP contribution in [0.3, 0.4) is 0 Å². The van der Waals surface area contributed by atoms with Gasteiger partial charge in [-0.1, -0.05) is 11.6 Å². The number of ether oxygens (including phenoxy) is 1. The highest BCUT2D eigenvalue weighted by atomic mass is 35.5. The molecule has 1 aliphatic carbocycles. The van der Waals surface area contributed by atoms with Gasteiger partial charge < -0.3 is 19.9 Å². The lowest BCUT2D eigenvalue weighted by molar-refractivity contribution is -0.134. The maximum atomic E-state index is 12.9. The molecule has 0 radical (unpaired) electrons. The quantitative estimate of drug-likeness (QED) is 0.876. The van der Waals surface area contributed by atoms with E-state index in [-0.39, 0.29) is 5.91 Å². The van der Waals surface area contributed by atoms with E-state index in [4.69, 9.17) is 16.3 Å². The van der Waals surface area contributed by atoms with Crippen LogP contribution in [0.15, 0.2) is 24.3 Å². The SMILES string of the molecule is CC(C)(C)OC(=O)NC1(C(=O)N2CCN(c3ccc(Cl)cc3)CC2)CC1. The predicted molar refractivity (Wildman–Crippen MR) is 102 cm³/mol. The summed E-state index contributed by atoms with van der Waals surface area (Å²) in [6.45, 7) is 8.22. The topological polar surface area (TPSA) is 61.9 Å². The summed E-state index contributed by atoms with van der Waals surface area (Å²) in [6.07, 6.45) is 0.813. The van der Waals surface area contributed by atoms with Crippen molar-refractivity contribution in [2.24, 2.45) is 0 Å². The third-order valence-corrected chi connectivity index (χ3v) is 4.91. The van der Waals surface area contributed by atoms with Crippen molar-refractivity contribution in [2.75, 3.05) is 31.1 Å². The monoisotopic (exact) mass is 379 g/mol. The highest BCUT2D eigenvalue weighted by Gasteiger charge is 2.53. The first-order chi connectivity index (χ1) is 12.2. The third-order valence-electron chi connectivity index (χ3n) is 4.66. The molecule has 2 aliphatic rings. The molecule has 3 rings (SSSR count). The summed E-state index contributed by atoms with van der Waals surface area (Å²) in [7, 11) is 0. The minimum Gasteiger partial charge on any atom is -0.444 e. The number of halogens is 1. The van der Waals surface area contributed by atoms with Gasteiger partial charge in [-0.05, 0) is 57.9 Å². The zero-order valence-corrected chi connectivity index (χ0v) is 16.3. The Morgan fingerprint density at radius 1 is 1.08 bits per heavy atom. The van der Waals surface area contributed by atoms with Gasteiger partial charge in [-0.25, -0.2) is 4.79 Å². The molecule has 2 amide bonds. The number of carbonyl (C=O) groups is 2. The average Bonchev–Trinajstić information content (AvgIpc) is 3.34. The Labute approximate surface area is 159 Å². The fraction of sp³-hybridized carbons (Fsp3) is 0.579. The molecule has 1 saturated carbocycles. The van der Waals surface area contributed by atoms with Crippen LogP contribution in [0.25, 0.3) is 0 Å². The van der Waals surface area contributed by atoms with Gasteiger partial charge in [-0.15, -0.1) is 0 Å². The second kappa shape index (κ2) is 6.99. The Balaban J connectivity index is 1.55. The van der Waals surface area contributed by atoms with Gasteiger partial charge in [0.2, 0.25) is 5.91 Å². The summed E-state index contributed by atoms with van der Waals surface area (Å²) in [4.78, 5) is 29.0. The van der Waals surface area contributed by atoms with Crippen molar-refractivity contribution in [1.82, 2.24) is 10.2 Å². The Bertz CT molecular complexity index is 672. The van der Waals surface area contributed by atoms with Gasteiger partial charge in [0.05, 0.1) is 0 Å². The van der Waals surface area contributed by atoms with Gasteiger partial charge in [0.1, 0.15) is 11.1 Å². The molecule has 0 bridgehead atoms. The molecule has 1 aromatic rings. The smallest absolute Gasteiger partial charge is 0.408 e. The van der Waals surface area contributed by atoms with Crippen molar-refractivity contribution >= 4 is 29.3 Å². The van der Waals surface area contributed by atoms with E-state index < -0.39 is 17.2 Å². The van der Waals surface area contributed by atoms with Gasteiger partial charge in [0.25, 0.3) is 0 Å². The summed E-state index contributed by atoms with van der Waals surface area (Å²) < 4.78 is 5.30. The van der Waals surface area contributed by atoms with E-state index in [1.807, 2.05) is 49.9 Å². The maximum Gasteiger partial charge on any atom is 0.408 e. The second-order valence-electron chi connectivity index (χ2n) is 7.96. The van der Waals surface area contributed by atoms with Crippen molar-refractivity contribution in [3.63, 3.8) is 0 Å². The molecule has 1 heterocycles. The molecule has 26 heavy (non-hydrogen) atoms. The van der Waals surface area contributed by atoms with E-state index in [0.29, 0.717) is 31.0 Å². The van der Waals surface area contributed by atoms with Gasteiger partial charge in [-0.2, -0.15) is 0 Å². The second-order valence-corrected chi connectivity index (χ2v) is 8.40. The van der Waals surface area contributed by atoms with E-state index in [9.17, 15) is 9.59 Å². The number of benzene rings is 1. The number of hydrogen-bond acceptors (Lipinski definition) is 4. The van der Waals surface area contributed by atoms with Crippen LogP contribution in [0.4, 0.5) is 10.5 Å². The Morgan fingerprint density at radius 3 is 2.15 bits per heavy atom. The normalized spacial score (nSPS) is 19.1. The molecular weight excluding hydrogens is 354 g/mol. The predicted octanol–water partition coefficient (Wildman–Crippen LogP) is 3.05. The molecule has 0 aromatic heterocycles. The molecular formula is C19H26ClN3O3. The minimum absolute atomic E-state index is 0.000819. The van der Waals surface area contributed by atoms with Crippen molar-refractivity contribution < 1.29 is 14.3 Å². The lowest BCUT2D eigenvalue weighted by atomic mass is 10.2. The molecule has 142 valence electrons. The van der Waals surface area contributed by atoms with E-state index in [1.54, 1.807) is 0 Å². The van der Waals surface area contributed by atoms with Crippen molar-refractivity contribution in [3.05, 3.63) is 29.3 Å². The first-order valence-electron chi connectivity index (χ1n) is 9.00. The summed E-state index contributed by atoms with van der Waals surface area (Å²) in [5.41, 5.74) is -0.243. The fourth-order valence-electron chi connectivity index (χ4n) is 3.14. The van der Waals surface area contributed by atoms with Crippen LogP contribution in [0.2, 0.25) is 5.02 Å². The number of nitrogens with zero attached hydrogens (tertiary/aromatic N) is 2. The van der Waals surface area contributed by atoms with Gasteiger partial charge in [0.15, 0.2) is 0 Å². The molecule has 0 unspecified atom stereocenters. The summed E-state index contributed by atoms with van der Waals surface area (Å²) in [5, 5.41) is 3.50. The zero-order chi connectivity index (χ0) is 18.9. The fourth-order valence-corrected chi connectivity index (χ4v) is 3.26. The minimum atomic E-state index is -0.773. The van der Waals surface area contributed by atoms with E-state index in [2.05, 4.69) is 10.2 Å². The van der Waals surface area contributed by atoms with Crippen molar-refractivity contribution in [2.45, 2.75) is 44.8 Å². The number of piperazine rings is 1. The van der Waals surface area contributed by atoms with Crippen molar-refractivity contribution in [1.29, 1.82) is 0 Å². The number of rotatable bonds is 3. The van der Waals surface area contributed by atoms with E-state index >= 15 is 0 Å². The largest absolute Gasteiger partial charge is 0.444 e. The first-order valence-corrected chi connectivity index (χ1v) is 9.37. The number of anilines is 1. The van der Waals surface area contributed by atoms with Crippen LogP contribution in [0, 0.1) is 0 Å².